The van der Waals surface area contributed by atoms with Crippen LogP contribution < -0.4 is 4.74 Å². The van der Waals surface area contributed by atoms with Crippen LogP contribution >= 0.6 is 11.6 Å². The Morgan fingerprint density at radius 1 is 0.846 bits per heavy atom. The summed E-state index contributed by atoms with van der Waals surface area (Å²) in [7, 11) is 0. The van der Waals surface area contributed by atoms with Gasteiger partial charge in [0.25, 0.3) is 0 Å². The summed E-state index contributed by atoms with van der Waals surface area (Å²) in [6, 6.07) is 6.47. The van der Waals surface area contributed by atoms with E-state index in [1.165, 1.54) is 50.7 Å². The normalized spacial score (nSPS) is 30.2. The smallest absolute Gasteiger partial charge is 0.406 e. The summed E-state index contributed by atoms with van der Waals surface area (Å²) in [5, 5.41) is 0. The minimum atomic E-state index is -4.62. The molecule has 0 radical (unpaired) electrons. The second kappa shape index (κ2) is 8.86. The van der Waals surface area contributed by atoms with Crippen LogP contribution in [0.15, 0.2) is 24.3 Å². The molecule has 2 fully saturated rings. The minimum Gasteiger partial charge on any atom is -0.406 e. The van der Waals surface area contributed by atoms with Gasteiger partial charge < -0.3 is 4.74 Å². The van der Waals surface area contributed by atoms with Crippen LogP contribution in [0, 0.1) is 17.8 Å². The van der Waals surface area contributed by atoms with Crippen molar-refractivity contribution in [2.45, 2.75) is 70.1 Å². The predicted octanol–water partition coefficient (Wildman–Crippen LogP) is 7.29. The quantitative estimate of drug-likeness (QED) is 0.481. The lowest BCUT2D eigenvalue weighted by Gasteiger charge is -2.38. The van der Waals surface area contributed by atoms with E-state index in [9.17, 15) is 13.2 Å². The molecule has 1 nitrogen and oxygen atoms in total. The zero-order chi connectivity index (χ0) is 18.6. The molecule has 0 unspecified atom stereocenters. The van der Waals surface area contributed by atoms with E-state index in [2.05, 4.69) is 4.74 Å². The SMILES string of the molecule is FC(F)(F)Oc1ccc(C2CCC(C3CCC(CCCl)CC3)CC2)cc1. The van der Waals surface area contributed by atoms with E-state index in [0.29, 0.717) is 5.92 Å². The second-order valence-electron chi connectivity index (χ2n) is 7.99. The Bertz CT molecular complexity index is 541. The molecule has 146 valence electrons. The molecule has 3 rings (SSSR count). The van der Waals surface area contributed by atoms with Crippen molar-refractivity contribution >= 4 is 11.6 Å². The van der Waals surface area contributed by atoms with Crippen molar-refractivity contribution in [3.05, 3.63) is 29.8 Å². The molecule has 2 aliphatic carbocycles. The van der Waals surface area contributed by atoms with Crippen molar-refractivity contribution in [1.29, 1.82) is 0 Å². The fourth-order valence-corrected chi connectivity index (χ4v) is 5.28. The van der Waals surface area contributed by atoms with Crippen molar-refractivity contribution in [3.63, 3.8) is 0 Å². The molecule has 0 aliphatic heterocycles. The summed E-state index contributed by atoms with van der Waals surface area (Å²) >= 11 is 5.87. The number of ether oxygens (including phenoxy) is 1. The van der Waals surface area contributed by atoms with Crippen molar-refractivity contribution in [2.24, 2.45) is 17.8 Å². The highest BCUT2D eigenvalue weighted by Gasteiger charge is 2.32. The van der Waals surface area contributed by atoms with Gasteiger partial charge in [-0.15, -0.1) is 24.8 Å². The van der Waals surface area contributed by atoms with Gasteiger partial charge >= 0.3 is 6.36 Å². The number of hydrogen-bond donors (Lipinski definition) is 0. The molecule has 0 heterocycles. The van der Waals surface area contributed by atoms with Crippen LogP contribution in [0.4, 0.5) is 13.2 Å². The predicted molar refractivity (Wildman–Crippen MR) is 98.6 cm³/mol. The standard InChI is InChI=1S/C21H28ClF3O/c22-14-13-15-1-3-16(4-2-15)17-5-7-18(8-6-17)19-9-11-20(12-10-19)26-21(23,24)25/h9-12,15-18H,1-8,13-14H2. The zero-order valence-corrected chi connectivity index (χ0v) is 15.9. The maximum absolute atomic E-state index is 12.3. The Hall–Kier alpha value is -0.900. The Balaban J connectivity index is 1.46. The van der Waals surface area contributed by atoms with Crippen LogP contribution in [-0.4, -0.2) is 12.2 Å². The van der Waals surface area contributed by atoms with Gasteiger partial charge in [-0.2, -0.15) is 0 Å². The molecule has 5 heteroatoms. The first-order valence-electron chi connectivity index (χ1n) is 9.86. The van der Waals surface area contributed by atoms with Crippen molar-refractivity contribution in [1.82, 2.24) is 0 Å². The number of hydrogen-bond acceptors (Lipinski definition) is 1. The van der Waals surface area contributed by atoms with Crippen molar-refractivity contribution < 1.29 is 17.9 Å². The summed E-state index contributed by atoms with van der Waals surface area (Å²) < 4.78 is 40.7. The van der Waals surface area contributed by atoms with Gasteiger partial charge in [0.1, 0.15) is 5.75 Å². The van der Waals surface area contributed by atoms with E-state index in [1.54, 1.807) is 12.1 Å². The number of benzene rings is 1. The van der Waals surface area contributed by atoms with E-state index >= 15 is 0 Å². The highest BCUT2D eigenvalue weighted by atomic mass is 35.5. The molecule has 0 aromatic heterocycles. The van der Waals surface area contributed by atoms with Gasteiger partial charge in [0, 0.05) is 5.88 Å². The van der Waals surface area contributed by atoms with Crippen LogP contribution in [0.2, 0.25) is 0 Å². The molecule has 1 aromatic carbocycles. The topological polar surface area (TPSA) is 9.23 Å². The summed E-state index contributed by atoms with van der Waals surface area (Å²) in [5.74, 6) is 3.65. The molecule has 0 atom stereocenters. The lowest BCUT2D eigenvalue weighted by Crippen LogP contribution is -2.25. The van der Waals surface area contributed by atoms with Crippen LogP contribution in [0.3, 0.4) is 0 Å². The highest BCUT2D eigenvalue weighted by Crippen LogP contribution is 2.44. The Kier molecular flexibility index (Phi) is 6.76. The zero-order valence-electron chi connectivity index (χ0n) is 15.1. The Morgan fingerprint density at radius 3 is 1.88 bits per heavy atom. The van der Waals surface area contributed by atoms with Crippen molar-refractivity contribution in [2.75, 3.05) is 5.88 Å². The third kappa shape index (κ3) is 5.55. The summed E-state index contributed by atoms with van der Waals surface area (Å²) in [4.78, 5) is 0. The van der Waals surface area contributed by atoms with Gasteiger partial charge in [-0.1, -0.05) is 25.0 Å². The molecule has 0 spiro atoms. The van der Waals surface area contributed by atoms with E-state index in [4.69, 9.17) is 11.6 Å². The third-order valence-corrected chi connectivity index (χ3v) is 6.65. The average molecular weight is 389 g/mol. The fraction of sp³-hybridized carbons (Fsp3) is 0.714. The summed E-state index contributed by atoms with van der Waals surface area (Å²) in [5.41, 5.74) is 1.14. The van der Waals surface area contributed by atoms with E-state index in [1.807, 2.05) is 0 Å². The lowest BCUT2D eigenvalue weighted by molar-refractivity contribution is -0.274. The van der Waals surface area contributed by atoms with E-state index in [-0.39, 0.29) is 5.75 Å². The van der Waals surface area contributed by atoms with Gasteiger partial charge in [0.05, 0.1) is 0 Å². The minimum absolute atomic E-state index is 0.136. The van der Waals surface area contributed by atoms with Gasteiger partial charge in [0.2, 0.25) is 0 Å². The molecular weight excluding hydrogens is 361 g/mol. The first-order valence-corrected chi connectivity index (χ1v) is 10.4. The summed E-state index contributed by atoms with van der Waals surface area (Å²) in [6.45, 7) is 0. The summed E-state index contributed by atoms with van der Waals surface area (Å²) in [6.07, 6.45) is 6.68. The number of alkyl halides is 4. The third-order valence-electron chi connectivity index (χ3n) is 6.43. The fourth-order valence-electron chi connectivity index (χ4n) is 4.97. The van der Waals surface area contributed by atoms with Gasteiger partial charge in [-0.3, -0.25) is 0 Å². The van der Waals surface area contributed by atoms with E-state index in [0.717, 1.165) is 48.5 Å². The van der Waals surface area contributed by atoms with Gasteiger partial charge in [-0.25, -0.2) is 0 Å². The molecular formula is C21H28ClF3O. The number of halogens is 4. The first-order chi connectivity index (χ1) is 12.4. The second-order valence-corrected chi connectivity index (χ2v) is 8.36. The van der Waals surface area contributed by atoms with Crippen LogP contribution in [-0.2, 0) is 0 Å². The van der Waals surface area contributed by atoms with Crippen LogP contribution in [0.1, 0.15) is 69.3 Å². The lowest BCUT2D eigenvalue weighted by atomic mass is 9.68. The molecule has 0 amide bonds. The van der Waals surface area contributed by atoms with E-state index < -0.39 is 6.36 Å². The first kappa shape index (κ1) is 19.9. The Labute approximate surface area is 159 Å². The average Bonchev–Trinajstić information content (AvgIpc) is 2.62. The maximum Gasteiger partial charge on any atom is 0.573 e. The molecule has 0 N–H and O–H groups in total. The molecule has 0 bridgehead atoms. The molecule has 2 aliphatic rings. The highest BCUT2D eigenvalue weighted by molar-refractivity contribution is 6.17. The molecule has 1 aromatic rings. The van der Waals surface area contributed by atoms with Crippen LogP contribution in [0.5, 0.6) is 5.75 Å². The molecule has 2 saturated carbocycles. The van der Waals surface area contributed by atoms with Crippen molar-refractivity contribution in [3.8, 4) is 5.75 Å². The number of rotatable bonds is 5. The largest absolute Gasteiger partial charge is 0.573 e. The monoisotopic (exact) mass is 388 g/mol. The molecule has 26 heavy (non-hydrogen) atoms. The van der Waals surface area contributed by atoms with Gasteiger partial charge in [-0.05, 0) is 86.3 Å². The Morgan fingerprint density at radius 2 is 1.38 bits per heavy atom. The van der Waals surface area contributed by atoms with Gasteiger partial charge in [0.15, 0.2) is 0 Å². The molecule has 0 saturated heterocycles. The maximum atomic E-state index is 12.3. The van der Waals surface area contributed by atoms with Crippen LogP contribution in [0.25, 0.3) is 0 Å².